The van der Waals surface area contributed by atoms with Gasteiger partial charge >= 0.3 is 0 Å². The number of hydrogen-bond acceptors (Lipinski definition) is 0. The van der Waals surface area contributed by atoms with Gasteiger partial charge in [-0.05, 0) is 91.8 Å². The van der Waals surface area contributed by atoms with Gasteiger partial charge in [-0.1, -0.05) is 120 Å². The Morgan fingerprint density at radius 2 is 1.17 bits per heavy atom. The molecule has 36 heavy (non-hydrogen) atoms. The maximum absolute atomic E-state index is 5.26. The summed E-state index contributed by atoms with van der Waals surface area (Å²) in [5, 5.41) is 0. The van der Waals surface area contributed by atoms with E-state index in [2.05, 4.69) is 111 Å². The van der Waals surface area contributed by atoms with Crippen LogP contribution in [0.3, 0.4) is 0 Å². The van der Waals surface area contributed by atoms with Gasteiger partial charge in [0.05, 0.1) is 0 Å². The number of benzene rings is 3. The Hall–Kier alpha value is -3.82. The molecule has 0 N–H and O–H groups in total. The molecule has 0 saturated heterocycles. The molecule has 4 rings (SSSR count). The Morgan fingerprint density at radius 3 is 1.61 bits per heavy atom. The van der Waals surface area contributed by atoms with Gasteiger partial charge in [0.2, 0.25) is 0 Å². The van der Waals surface area contributed by atoms with Crippen molar-refractivity contribution in [2.75, 3.05) is 0 Å². The van der Waals surface area contributed by atoms with Crippen LogP contribution < -0.4 is 0 Å². The minimum Gasteiger partial charge on any atom is -0.115 e. The molecule has 0 aliphatic heterocycles. The second kappa shape index (κ2) is 12.8. The summed E-state index contributed by atoms with van der Waals surface area (Å²) in [5.74, 6) is 2.52. The molecule has 0 heterocycles. The average molecular weight is 469 g/mol. The Kier molecular flexibility index (Phi) is 8.96. The fraction of sp³-hybridized carbons (Fsp3) is 0.222. The quantitative estimate of drug-likeness (QED) is 0.217. The number of allylic oxidation sites excluding steroid dienone is 8. The zero-order chi connectivity index (χ0) is 25.2. The van der Waals surface area contributed by atoms with Gasteiger partial charge in [0, 0.05) is 0 Å². The summed E-state index contributed by atoms with van der Waals surface area (Å²) in [6, 6.07) is 27.2. The SMILES string of the molecule is C#C/C=C\C=C(/C)Cc1ccc(Cc2ccc(Cc3ccc(CC4=CC=C(C)CC4)cc3)cc2)cc1. The van der Waals surface area contributed by atoms with E-state index in [-0.39, 0.29) is 0 Å². The van der Waals surface area contributed by atoms with E-state index in [9.17, 15) is 0 Å². The lowest BCUT2D eigenvalue weighted by Gasteiger charge is -2.12. The van der Waals surface area contributed by atoms with Crippen LogP contribution in [0.4, 0.5) is 0 Å². The molecule has 3 aromatic rings. The fourth-order valence-corrected chi connectivity index (χ4v) is 4.64. The maximum atomic E-state index is 5.26. The molecule has 0 spiro atoms. The third-order valence-electron chi connectivity index (χ3n) is 6.82. The van der Waals surface area contributed by atoms with Crippen molar-refractivity contribution in [1.29, 1.82) is 0 Å². The fourth-order valence-electron chi connectivity index (χ4n) is 4.64. The monoisotopic (exact) mass is 468 g/mol. The van der Waals surface area contributed by atoms with Gasteiger partial charge in [-0.15, -0.1) is 6.42 Å². The largest absolute Gasteiger partial charge is 0.115 e. The van der Waals surface area contributed by atoms with Gasteiger partial charge in [0.1, 0.15) is 0 Å². The van der Waals surface area contributed by atoms with Gasteiger partial charge in [0.15, 0.2) is 0 Å². The van der Waals surface area contributed by atoms with E-state index in [0.29, 0.717) is 0 Å². The van der Waals surface area contributed by atoms with E-state index in [1.165, 1.54) is 57.4 Å². The highest BCUT2D eigenvalue weighted by Crippen LogP contribution is 2.22. The molecular weight excluding hydrogens is 432 g/mol. The first-order valence-electron chi connectivity index (χ1n) is 12.9. The molecule has 0 atom stereocenters. The summed E-state index contributed by atoms with van der Waals surface area (Å²) in [6.45, 7) is 4.36. The van der Waals surface area contributed by atoms with Gasteiger partial charge in [-0.3, -0.25) is 0 Å². The van der Waals surface area contributed by atoms with E-state index in [1.54, 1.807) is 11.6 Å². The molecule has 0 unspecified atom stereocenters. The lowest BCUT2D eigenvalue weighted by molar-refractivity contribution is 0.869. The molecule has 0 bridgehead atoms. The molecule has 0 aromatic heterocycles. The Bertz CT molecular complexity index is 1300. The highest BCUT2D eigenvalue weighted by molar-refractivity contribution is 5.35. The molecule has 0 amide bonds. The molecule has 1 aliphatic rings. The first-order chi connectivity index (χ1) is 17.6. The van der Waals surface area contributed by atoms with Gasteiger partial charge in [0.25, 0.3) is 0 Å². The van der Waals surface area contributed by atoms with Crippen LogP contribution in [0.25, 0.3) is 0 Å². The van der Waals surface area contributed by atoms with Crippen LogP contribution in [0.2, 0.25) is 0 Å². The van der Waals surface area contributed by atoms with Crippen LogP contribution in [-0.2, 0) is 25.7 Å². The zero-order valence-corrected chi connectivity index (χ0v) is 21.6. The van der Waals surface area contributed by atoms with Gasteiger partial charge in [-0.25, -0.2) is 0 Å². The Balaban J connectivity index is 1.29. The van der Waals surface area contributed by atoms with Crippen molar-refractivity contribution < 1.29 is 0 Å². The van der Waals surface area contributed by atoms with E-state index >= 15 is 0 Å². The third-order valence-corrected chi connectivity index (χ3v) is 6.82. The minimum atomic E-state index is 0.944. The summed E-state index contributed by atoms with van der Waals surface area (Å²) in [7, 11) is 0. The van der Waals surface area contributed by atoms with Crippen LogP contribution in [-0.4, -0.2) is 0 Å². The lowest BCUT2D eigenvalue weighted by Crippen LogP contribution is -1.96. The van der Waals surface area contributed by atoms with Crippen LogP contribution >= 0.6 is 0 Å². The van der Waals surface area contributed by atoms with Crippen molar-refractivity contribution in [1.82, 2.24) is 0 Å². The highest BCUT2D eigenvalue weighted by atomic mass is 14.1. The van der Waals surface area contributed by atoms with E-state index in [1.807, 2.05) is 6.08 Å². The summed E-state index contributed by atoms with van der Waals surface area (Å²) >= 11 is 0. The van der Waals surface area contributed by atoms with Crippen LogP contribution in [0.15, 0.2) is 120 Å². The van der Waals surface area contributed by atoms with Crippen molar-refractivity contribution in [3.05, 3.63) is 153 Å². The molecule has 0 nitrogen and oxygen atoms in total. The van der Waals surface area contributed by atoms with Gasteiger partial charge < -0.3 is 0 Å². The first kappa shape index (κ1) is 25.3. The van der Waals surface area contributed by atoms with Crippen LogP contribution in [0, 0.1) is 12.3 Å². The zero-order valence-electron chi connectivity index (χ0n) is 21.6. The van der Waals surface area contributed by atoms with Crippen molar-refractivity contribution in [3.63, 3.8) is 0 Å². The van der Waals surface area contributed by atoms with E-state index in [4.69, 9.17) is 6.42 Å². The van der Waals surface area contributed by atoms with E-state index < -0.39 is 0 Å². The molecule has 0 heteroatoms. The summed E-state index contributed by atoms with van der Waals surface area (Å²) in [5.41, 5.74) is 12.5. The summed E-state index contributed by atoms with van der Waals surface area (Å²) in [6.07, 6.45) is 21.9. The normalized spacial score (nSPS) is 13.9. The predicted octanol–water partition coefficient (Wildman–Crippen LogP) is 8.76. The maximum Gasteiger partial charge on any atom is -0.00258 e. The summed E-state index contributed by atoms with van der Waals surface area (Å²) in [4.78, 5) is 0. The minimum absolute atomic E-state index is 0.944. The van der Waals surface area contributed by atoms with Crippen molar-refractivity contribution in [3.8, 4) is 12.3 Å². The second-order valence-electron chi connectivity index (χ2n) is 10.0. The topological polar surface area (TPSA) is 0 Å². The van der Waals surface area contributed by atoms with Crippen molar-refractivity contribution in [2.45, 2.75) is 52.4 Å². The third kappa shape index (κ3) is 7.86. The van der Waals surface area contributed by atoms with Gasteiger partial charge in [-0.2, -0.15) is 0 Å². The average Bonchev–Trinajstić information content (AvgIpc) is 2.89. The molecule has 180 valence electrons. The van der Waals surface area contributed by atoms with Crippen molar-refractivity contribution >= 4 is 0 Å². The number of hydrogen-bond donors (Lipinski definition) is 0. The van der Waals surface area contributed by atoms with Crippen LogP contribution in [0.5, 0.6) is 0 Å². The predicted molar refractivity (Wildman–Crippen MR) is 155 cm³/mol. The molecule has 0 radical (unpaired) electrons. The molecule has 0 saturated carbocycles. The molecular formula is C36H36. The van der Waals surface area contributed by atoms with Crippen LogP contribution in [0.1, 0.15) is 60.1 Å². The lowest BCUT2D eigenvalue weighted by atomic mass is 9.93. The molecule has 0 fully saturated rings. The first-order valence-corrected chi connectivity index (χ1v) is 12.9. The Labute approximate surface area is 217 Å². The molecule has 3 aromatic carbocycles. The Morgan fingerprint density at radius 1 is 0.694 bits per heavy atom. The number of rotatable bonds is 9. The van der Waals surface area contributed by atoms with Crippen molar-refractivity contribution in [2.24, 2.45) is 0 Å². The second-order valence-corrected chi connectivity index (χ2v) is 10.0. The summed E-state index contributed by atoms with van der Waals surface area (Å²) < 4.78 is 0. The molecule has 1 aliphatic carbocycles. The standard InChI is InChI=1S/C36H36/c1-4-5-6-7-29(3)24-30-12-14-32(15-13-30)26-34-20-22-36(23-21-34)27-35-18-16-33(17-19-35)25-31-10-8-28(2)9-11-31/h1,5-8,10,12-23H,9,11,24-27H2,2-3H3/b6-5-,29-7+. The number of terminal acetylenes is 1. The smallest absolute Gasteiger partial charge is 0.00258 e. The van der Waals surface area contributed by atoms with E-state index in [0.717, 1.165) is 25.7 Å². The highest BCUT2D eigenvalue weighted by Gasteiger charge is 2.05.